The van der Waals surface area contributed by atoms with E-state index in [9.17, 15) is 25.0 Å². The number of nitro benzene ring substituents is 1. The number of para-hydroxylation sites is 1. The Morgan fingerprint density at radius 3 is 2.60 bits per heavy atom. The molecule has 0 amide bonds. The summed E-state index contributed by atoms with van der Waals surface area (Å²) in [6.07, 6.45) is 2.20. The average molecular weight is 627 g/mol. The van der Waals surface area contributed by atoms with Gasteiger partial charge >= 0.3 is 5.69 Å². The molecule has 3 aromatic heterocycles. The molecule has 0 N–H and O–H groups in total. The number of benzene rings is 3. The minimum Gasteiger partial charge on any atom is -0.490 e. The predicted molar refractivity (Wildman–Crippen MR) is 164 cm³/mol. The molecule has 0 saturated heterocycles. The third-order valence-electron chi connectivity index (χ3n) is 6.47. The van der Waals surface area contributed by atoms with Gasteiger partial charge < -0.3 is 13.9 Å². The summed E-state index contributed by atoms with van der Waals surface area (Å²) in [6.45, 7) is 1.80. The zero-order valence-electron chi connectivity index (χ0n) is 23.1. The van der Waals surface area contributed by atoms with Crippen molar-refractivity contribution >= 4 is 51.1 Å². The Morgan fingerprint density at radius 1 is 1.04 bits per heavy atom. The summed E-state index contributed by atoms with van der Waals surface area (Å²) in [7, 11) is 0. The number of ether oxygens (including phenoxy) is 2. The first-order valence-electron chi connectivity index (χ1n) is 13.2. The molecule has 0 saturated carbocycles. The summed E-state index contributed by atoms with van der Waals surface area (Å²) in [4.78, 5) is 43.9. The molecule has 15 heteroatoms. The van der Waals surface area contributed by atoms with Crippen LogP contribution in [0.3, 0.4) is 0 Å². The first-order valence-corrected chi connectivity index (χ1v) is 13.6. The number of nitrogens with zero attached hydrogens (tertiary/aromatic N) is 6. The number of fused-ring (bicyclic) bond motifs is 2. The molecule has 3 aromatic carbocycles. The van der Waals surface area contributed by atoms with Crippen molar-refractivity contribution in [2.45, 2.75) is 6.92 Å². The van der Waals surface area contributed by atoms with Gasteiger partial charge in [-0.15, -0.1) is 0 Å². The second-order valence-corrected chi connectivity index (χ2v) is 9.81. The van der Waals surface area contributed by atoms with Crippen LogP contribution in [0.2, 0.25) is 5.02 Å². The fourth-order valence-corrected chi connectivity index (χ4v) is 4.65. The Kier molecular flexibility index (Phi) is 7.62. The van der Waals surface area contributed by atoms with Gasteiger partial charge in [-0.25, -0.2) is 9.97 Å². The van der Waals surface area contributed by atoms with Crippen LogP contribution in [0.15, 0.2) is 93.3 Å². The van der Waals surface area contributed by atoms with Crippen LogP contribution in [0.1, 0.15) is 12.5 Å². The normalized spacial score (nSPS) is 11.3. The average Bonchev–Trinajstić information content (AvgIpc) is 3.45. The van der Waals surface area contributed by atoms with Crippen LogP contribution in [0, 0.1) is 20.2 Å². The third-order valence-corrected chi connectivity index (χ3v) is 6.70. The van der Waals surface area contributed by atoms with Gasteiger partial charge in [0, 0.05) is 34.2 Å². The Balaban J connectivity index is 1.46. The lowest BCUT2D eigenvalue weighted by Gasteiger charge is -2.12. The Bertz CT molecular complexity index is 2210. The molecule has 0 atom stereocenters. The van der Waals surface area contributed by atoms with E-state index < -0.39 is 21.1 Å². The summed E-state index contributed by atoms with van der Waals surface area (Å²) < 4.78 is 18.3. The van der Waals surface area contributed by atoms with Crippen LogP contribution in [-0.4, -0.2) is 37.3 Å². The molecule has 14 nitrogen and oxygen atoms in total. The van der Waals surface area contributed by atoms with Gasteiger partial charge in [-0.05, 0) is 49.4 Å². The molecule has 0 spiro atoms. The first kappa shape index (κ1) is 28.9. The van der Waals surface area contributed by atoms with Crippen molar-refractivity contribution in [2.75, 3.05) is 6.61 Å². The van der Waals surface area contributed by atoms with Gasteiger partial charge in [-0.1, -0.05) is 23.7 Å². The standard InChI is InChI=1S/C30H19ClN6O8/c1-2-43-25-12-17(11-23(37(41)42)28(25)45-27-10-8-20(16-32-27)36(39)40)15-33-35-29(34-22-6-4-3-5-21(22)30(35)38)26-14-18-13-19(31)7-9-24(18)44-26/h3-16H,2H2,1H3. The Morgan fingerprint density at radius 2 is 1.87 bits per heavy atom. The zero-order valence-corrected chi connectivity index (χ0v) is 23.9. The third kappa shape index (κ3) is 5.77. The smallest absolute Gasteiger partial charge is 0.316 e. The van der Waals surface area contributed by atoms with Gasteiger partial charge in [-0.2, -0.15) is 9.78 Å². The maximum Gasteiger partial charge on any atom is 0.316 e. The van der Waals surface area contributed by atoms with Gasteiger partial charge in [0.05, 0.1) is 33.6 Å². The molecule has 3 heterocycles. The minimum absolute atomic E-state index is 0.0216. The maximum absolute atomic E-state index is 13.6. The molecular formula is C30H19ClN6O8. The van der Waals surface area contributed by atoms with Gasteiger partial charge in [0.2, 0.25) is 17.5 Å². The molecule has 45 heavy (non-hydrogen) atoms. The second-order valence-electron chi connectivity index (χ2n) is 9.38. The number of hydrogen-bond acceptors (Lipinski definition) is 11. The summed E-state index contributed by atoms with van der Waals surface area (Å²) in [5.41, 5.74) is -0.162. The lowest BCUT2D eigenvalue weighted by atomic mass is 10.2. The highest BCUT2D eigenvalue weighted by atomic mass is 35.5. The SMILES string of the molecule is CCOc1cc(C=Nn2c(-c3cc4cc(Cl)ccc4o3)nc3ccccc3c2=O)cc([N+](=O)[O-])c1Oc1ccc([N+](=O)[O-])cn1. The van der Waals surface area contributed by atoms with Gasteiger partial charge in [0.15, 0.2) is 11.5 Å². The fourth-order valence-electron chi connectivity index (χ4n) is 4.47. The highest BCUT2D eigenvalue weighted by molar-refractivity contribution is 6.31. The van der Waals surface area contributed by atoms with Crippen molar-refractivity contribution in [1.29, 1.82) is 0 Å². The lowest BCUT2D eigenvalue weighted by molar-refractivity contribution is -0.385. The highest BCUT2D eigenvalue weighted by Crippen LogP contribution is 2.41. The lowest BCUT2D eigenvalue weighted by Crippen LogP contribution is -2.20. The van der Waals surface area contributed by atoms with Crippen LogP contribution in [-0.2, 0) is 0 Å². The van der Waals surface area contributed by atoms with Crippen molar-refractivity contribution in [2.24, 2.45) is 5.10 Å². The van der Waals surface area contributed by atoms with E-state index in [2.05, 4.69) is 15.1 Å². The highest BCUT2D eigenvalue weighted by Gasteiger charge is 2.24. The van der Waals surface area contributed by atoms with Crippen LogP contribution in [0.5, 0.6) is 17.4 Å². The first-order chi connectivity index (χ1) is 21.7. The minimum atomic E-state index is -0.685. The molecule has 0 bridgehead atoms. The van der Waals surface area contributed by atoms with Crippen LogP contribution < -0.4 is 15.0 Å². The number of halogens is 1. The number of pyridine rings is 1. The van der Waals surface area contributed by atoms with Crippen molar-refractivity contribution in [3.63, 3.8) is 0 Å². The number of aromatic nitrogens is 3. The van der Waals surface area contributed by atoms with Crippen LogP contribution >= 0.6 is 11.6 Å². The van der Waals surface area contributed by atoms with E-state index in [0.717, 1.165) is 16.9 Å². The summed E-state index contributed by atoms with van der Waals surface area (Å²) >= 11 is 6.14. The van der Waals surface area contributed by atoms with E-state index in [0.29, 0.717) is 21.5 Å². The number of nitro groups is 2. The molecule has 0 aliphatic rings. The molecule has 6 rings (SSSR count). The van der Waals surface area contributed by atoms with E-state index in [1.165, 1.54) is 24.4 Å². The van der Waals surface area contributed by atoms with Crippen molar-refractivity contribution < 1.29 is 23.7 Å². The molecule has 0 unspecified atom stereocenters. The van der Waals surface area contributed by atoms with Crippen molar-refractivity contribution in [3.05, 3.63) is 120 Å². The van der Waals surface area contributed by atoms with E-state index in [-0.39, 0.29) is 52.2 Å². The maximum atomic E-state index is 13.6. The summed E-state index contributed by atoms with van der Waals surface area (Å²) in [5.74, 6) is -0.0894. The summed E-state index contributed by atoms with van der Waals surface area (Å²) in [5, 5.41) is 28.9. The van der Waals surface area contributed by atoms with E-state index in [1.807, 2.05) is 0 Å². The Hall–Kier alpha value is -6.15. The van der Waals surface area contributed by atoms with Crippen molar-refractivity contribution in [1.82, 2.24) is 14.6 Å². The molecule has 224 valence electrons. The topological polar surface area (TPSA) is 178 Å². The predicted octanol–water partition coefficient (Wildman–Crippen LogP) is 6.75. The van der Waals surface area contributed by atoms with Crippen LogP contribution in [0.25, 0.3) is 33.5 Å². The molecule has 0 radical (unpaired) electrons. The summed E-state index contributed by atoms with van der Waals surface area (Å²) in [6, 6.07) is 18.5. The monoisotopic (exact) mass is 626 g/mol. The van der Waals surface area contributed by atoms with Gasteiger partial charge in [0.1, 0.15) is 11.8 Å². The number of furan rings is 1. The Labute approximate surface area is 257 Å². The van der Waals surface area contributed by atoms with E-state index in [1.54, 1.807) is 55.5 Å². The second kappa shape index (κ2) is 11.9. The molecule has 6 aromatic rings. The van der Waals surface area contributed by atoms with Crippen molar-refractivity contribution in [3.8, 4) is 29.0 Å². The molecule has 0 aliphatic carbocycles. The largest absolute Gasteiger partial charge is 0.490 e. The van der Waals surface area contributed by atoms with E-state index in [4.69, 9.17) is 25.5 Å². The zero-order chi connectivity index (χ0) is 31.7. The van der Waals surface area contributed by atoms with Crippen LogP contribution in [0.4, 0.5) is 11.4 Å². The van der Waals surface area contributed by atoms with E-state index >= 15 is 0 Å². The quantitative estimate of drug-likeness (QED) is 0.0946. The molecule has 0 fully saturated rings. The molecular weight excluding hydrogens is 608 g/mol. The number of hydrogen-bond donors (Lipinski definition) is 0. The number of rotatable bonds is 9. The molecule has 0 aliphatic heterocycles. The fraction of sp³-hybridized carbons (Fsp3) is 0.0667. The van der Waals surface area contributed by atoms with Gasteiger partial charge in [0.25, 0.3) is 11.2 Å². The van der Waals surface area contributed by atoms with Gasteiger partial charge in [-0.3, -0.25) is 25.0 Å².